The maximum Gasteiger partial charge on any atom is 0.307 e. The number of carbonyl (C=O) groups excluding carboxylic acids is 2. The van der Waals surface area contributed by atoms with Gasteiger partial charge in [0, 0.05) is 12.1 Å². The van der Waals surface area contributed by atoms with Gasteiger partial charge in [-0.1, -0.05) is 36.4 Å². The molecule has 1 atom stereocenters. The normalized spacial score (nSPS) is 11.6. The van der Waals surface area contributed by atoms with Gasteiger partial charge in [0.1, 0.15) is 0 Å². The first-order valence-electron chi connectivity index (χ1n) is 5.69. The number of nitrogens with one attached hydrogen (secondary N) is 1. The summed E-state index contributed by atoms with van der Waals surface area (Å²) in [6.45, 7) is 4.03. The van der Waals surface area contributed by atoms with Crippen molar-refractivity contribution < 1.29 is 14.3 Å². The van der Waals surface area contributed by atoms with Crippen molar-refractivity contribution >= 4 is 11.8 Å². The number of Topliss-reactive ketones (excluding diaryl/α,β-unsaturated/α-hetero) is 1. The Hall–Kier alpha value is -1.94. The highest BCUT2D eigenvalue weighted by atomic mass is 16.5. The Morgan fingerprint density at radius 1 is 1.39 bits per heavy atom. The van der Waals surface area contributed by atoms with Gasteiger partial charge in [-0.2, -0.15) is 0 Å². The maximum atomic E-state index is 12.2. The summed E-state index contributed by atoms with van der Waals surface area (Å²) in [4.78, 5) is 23.5. The van der Waals surface area contributed by atoms with Crippen molar-refractivity contribution in [2.24, 2.45) is 0 Å². The van der Waals surface area contributed by atoms with Crippen molar-refractivity contribution in [2.45, 2.75) is 12.5 Å². The van der Waals surface area contributed by atoms with E-state index >= 15 is 0 Å². The third-order valence-electron chi connectivity index (χ3n) is 2.48. The van der Waals surface area contributed by atoms with Crippen LogP contribution in [0.5, 0.6) is 0 Å². The van der Waals surface area contributed by atoms with Gasteiger partial charge < -0.3 is 10.1 Å². The van der Waals surface area contributed by atoms with E-state index in [2.05, 4.69) is 16.6 Å². The van der Waals surface area contributed by atoms with E-state index in [1.807, 2.05) is 6.07 Å². The molecule has 0 radical (unpaired) electrons. The molecule has 0 aliphatic heterocycles. The molecule has 0 heterocycles. The van der Waals surface area contributed by atoms with Crippen LogP contribution in [0.3, 0.4) is 0 Å². The van der Waals surface area contributed by atoms with E-state index < -0.39 is 12.0 Å². The quantitative estimate of drug-likeness (QED) is 0.451. The number of esters is 1. The highest BCUT2D eigenvalue weighted by molar-refractivity contribution is 6.01. The predicted octanol–water partition coefficient (Wildman–Crippen LogP) is 1.58. The lowest BCUT2D eigenvalue weighted by molar-refractivity contribution is -0.140. The molecular formula is C14H17NO3. The van der Waals surface area contributed by atoms with Crippen LogP contribution in [0, 0.1) is 0 Å². The Balaban J connectivity index is 2.78. The minimum absolute atomic E-state index is 0.0120. The zero-order chi connectivity index (χ0) is 13.4. The molecule has 96 valence electrons. The summed E-state index contributed by atoms with van der Waals surface area (Å²) in [6.07, 6.45) is 1.65. The van der Waals surface area contributed by atoms with Crippen LogP contribution < -0.4 is 5.32 Å². The number of hydrogen-bond acceptors (Lipinski definition) is 4. The topological polar surface area (TPSA) is 55.4 Å². The van der Waals surface area contributed by atoms with Crippen molar-refractivity contribution in [3.63, 3.8) is 0 Å². The van der Waals surface area contributed by atoms with Crippen LogP contribution in [0.2, 0.25) is 0 Å². The van der Waals surface area contributed by atoms with Gasteiger partial charge in [-0.25, -0.2) is 0 Å². The van der Waals surface area contributed by atoms with Crippen molar-refractivity contribution in [1.82, 2.24) is 5.32 Å². The third-order valence-corrected chi connectivity index (χ3v) is 2.48. The molecule has 0 aromatic heterocycles. The molecule has 1 unspecified atom stereocenters. The Morgan fingerprint density at radius 3 is 2.61 bits per heavy atom. The summed E-state index contributed by atoms with van der Waals surface area (Å²) in [6, 6.07) is 8.28. The molecule has 1 N–H and O–H groups in total. The van der Waals surface area contributed by atoms with Crippen molar-refractivity contribution in [3.8, 4) is 0 Å². The van der Waals surface area contributed by atoms with Crippen molar-refractivity contribution in [2.75, 3.05) is 13.7 Å². The molecule has 0 amide bonds. The smallest absolute Gasteiger partial charge is 0.307 e. The minimum atomic E-state index is -0.585. The zero-order valence-corrected chi connectivity index (χ0v) is 10.4. The van der Waals surface area contributed by atoms with Crippen LogP contribution in [0.25, 0.3) is 0 Å². The predicted molar refractivity (Wildman–Crippen MR) is 69.4 cm³/mol. The fraction of sp³-hybridized carbons (Fsp3) is 0.286. The van der Waals surface area contributed by atoms with Crippen LogP contribution in [-0.4, -0.2) is 31.4 Å². The SMILES string of the molecule is C=CCNC(CC(=O)OC)C(=O)c1ccccc1. The fourth-order valence-electron chi connectivity index (χ4n) is 1.54. The number of methoxy groups -OCH3 is 1. The number of hydrogen-bond donors (Lipinski definition) is 1. The van der Waals surface area contributed by atoms with Crippen molar-refractivity contribution in [3.05, 3.63) is 48.6 Å². The average Bonchev–Trinajstić information content (AvgIpc) is 2.43. The molecule has 0 bridgehead atoms. The molecule has 0 aliphatic carbocycles. The molecule has 0 spiro atoms. The minimum Gasteiger partial charge on any atom is -0.469 e. The summed E-state index contributed by atoms with van der Waals surface area (Å²) in [5, 5.41) is 2.96. The summed E-state index contributed by atoms with van der Waals surface area (Å²) in [5.74, 6) is -0.538. The molecule has 0 saturated carbocycles. The Bertz CT molecular complexity index is 414. The van der Waals surface area contributed by atoms with E-state index in [1.54, 1.807) is 30.3 Å². The Morgan fingerprint density at radius 2 is 2.06 bits per heavy atom. The van der Waals surface area contributed by atoms with Gasteiger partial charge in [-0.05, 0) is 0 Å². The van der Waals surface area contributed by atoms with Gasteiger partial charge in [-0.3, -0.25) is 9.59 Å². The first-order valence-corrected chi connectivity index (χ1v) is 5.69. The molecule has 0 saturated heterocycles. The fourth-order valence-corrected chi connectivity index (χ4v) is 1.54. The molecule has 1 aromatic carbocycles. The lowest BCUT2D eigenvalue weighted by Crippen LogP contribution is -2.39. The number of ketones is 1. The average molecular weight is 247 g/mol. The molecule has 4 heteroatoms. The van der Waals surface area contributed by atoms with E-state index in [-0.39, 0.29) is 12.2 Å². The van der Waals surface area contributed by atoms with E-state index in [9.17, 15) is 9.59 Å². The van der Waals surface area contributed by atoms with Crippen LogP contribution in [0.4, 0.5) is 0 Å². The zero-order valence-electron chi connectivity index (χ0n) is 10.4. The van der Waals surface area contributed by atoms with Gasteiger partial charge in [0.15, 0.2) is 5.78 Å². The van der Waals surface area contributed by atoms with Gasteiger partial charge in [-0.15, -0.1) is 6.58 Å². The van der Waals surface area contributed by atoms with E-state index in [1.165, 1.54) is 7.11 Å². The van der Waals surface area contributed by atoms with Gasteiger partial charge in [0.05, 0.1) is 19.6 Å². The summed E-state index contributed by atoms with van der Waals surface area (Å²) in [7, 11) is 1.31. The highest BCUT2D eigenvalue weighted by Gasteiger charge is 2.22. The molecule has 0 aliphatic rings. The molecule has 18 heavy (non-hydrogen) atoms. The lowest BCUT2D eigenvalue weighted by Gasteiger charge is -2.15. The lowest BCUT2D eigenvalue weighted by atomic mass is 10.0. The Labute approximate surface area is 107 Å². The van der Waals surface area contributed by atoms with Crippen LogP contribution in [0.15, 0.2) is 43.0 Å². The first kappa shape index (κ1) is 14.1. The summed E-state index contributed by atoms with van der Waals surface area (Å²) < 4.78 is 4.59. The molecule has 1 aromatic rings. The van der Waals surface area contributed by atoms with Crippen LogP contribution in [0.1, 0.15) is 16.8 Å². The number of ether oxygens (including phenoxy) is 1. The molecule has 0 fully saturated rings. The van der Waals surface area contributed by atoms with Gasteiger partial charge in [0.25, 0.3) is 0 Å². The van der Waals surface area contributed by atoms with E-state index in [0.717, 1.165) is 0 Å². The van der Waals surface area contributed by atoms with Gasteiger partial charge >= 0.3 is 5.97 Å². The van der Waals surface area contributed by atoms with E-state index in [4.69, 9.17) is 0 Å². The molecule has 4 nitrogen and oxygen atoms in total. The van der Waals surface area contributed by atoms with E-state index in [0.29, 0.717) is 12.1 Å². The maximum absolute atomic E-state index is 12.2. The second-order valence-electron chi connectivity index (χ2n) is 3.76. The highest BCUT2D eigenvalue weighted by Crippen LogP contribution is 2.07. The second-order valence-corrected chi connectivity index (χ2v) is 3.76. The second kappa shape index (κ2) is 7.40. The third kappa shape index (κ3) is 4.14. The Kier molecular flexibility index (Phi) is 5.80. The standard InChI is InChI=1S/C14H17NO3/c1-3-9-15-12(10-13(16)18-2)14(17)11-7-5-4-6-8-11/h3-8,12,15H,1,9-10H2,2H3. The molecular weight excluding hydrogens is 230 g/mol. The molecule has 1 rings (SSSR count). The van der Waals surface area contributed by atoms with Gasteiger partial charge in [0.2, 0.25) is 0 Å². The first-order chi connectivity index (χ1) is 8.69. The van der Waals surface area contributed by atoms with Crippen molar-refractivity contribution in [1.29, 1.82) is 0 Å². The number of carbonyl (C=O) groups is 2. The number of rotatable bonds is 7. The summed E-state index contributed by atoms with van der Waals surface area (Å²) in [5.41, 5.74) is 0.572. The van der Waals surface area contributed by atoms with Crippen LogP contribution in [-0.2, 0) is 9.53 Å². The largest absolute Gasteiger partial charge is 0.469 e. The monoisotopic (exact) mass is 247 g/mol. The van der Waals surface area contributed by atoms with Crippen LogP contribution >= 0.6 is 0 Å². The number of benzene rings is 1. The summed E-state index contributed by atoms with van der Waals surface area (Å²) >= 11 is 0.